The Morgan fingerprint density at radius 1 is 0.383 bits per heavy atom. The Morgan fingerprint density at radius 2 is 0.967 bits per heavy atom. The first-order valence-corrected chi connectivity index (χ1v) is 21.5. The molecule has 0 atom stereocenters. The van der Waals surface area contributed by atoms with Crippen LogP contribution in [0, 0.1) is 0 Å². The van der Waals surface area contributed by atoms with E-state index in [0.29, 0.717) is 5.82 Å². The maximum atomic E-state index is 5.36. The van der Waals surface area contributed by atoms with Crippen LogP contribution in [-0.4, -0.2) is 9.97 Å². The SMILES string of the molecule is CC1(C)c2cc3ccccc3cc2-c2c(-c3ccc(-c4cc(-c5ccccc5-c5cccc6sc7ccccc7c56)nc(-c5ccccc5)n4)c4ccccc34)cccc21. The molecule has 0 spiro atoms. The van der Waals surface area contributed by atoms with E-state index in [1.54, 1.807) is 0 Å². The lowest BCUT2D eigenvalue weighted by molar-refractivity contribution is 0.661. The van der Waals surface area contributed by atoms with Crippen molar-refractivity contribution in [3.8, 4) is 67.3 Å². The molecule has 2 heterocycles. The second-order valence-electron chi connectivity index (χ2n) is 16.5. The molecule has 0 fully saturated rings. The Balaban J connectivity index is 1.07. The molecule has 3 heteroatoms. The average Bonchev–Trinajstić information content (AvgIpc) is 3.80. The molecule has 0 bridgehead atoms. The van der Waals surface area contributed by atoms with Crippen molar-refractivity contribution in [2.24, 2.45) is 0 Å². The van der Waals surface area contributed by atoms with Crippen LogP contribution in [0.2, 0.25) is 0 Å². The molecule has 1 aliphatic carbocycles. The van der Waals surface area contributed by atoms with Gasteiger partial charge in [0.05, 0.1) is 11.4 Å². The zero-order chi connectivity index (χ0) is 40.0. The first kappa shape index (κ1) is 34.8. The van der Waals surface area contributed by atoms with E-state index in [2.05, 4.69) is 202 Å². The second kappa shape index (κ2) is 13.4. The van der Waals surface area contributed by atoms with Crippen LogP contribution >= 0.6 is 11.3 Å². The van der Waals surface area contributed by atoms with Crippen molar-refractivity contribution in [3.63, 3.8) is 0 Å². The maximum absolute atomic E-state index is 5.36. The summed E-state index contributed by atoms with van der Waals surface area (Å²) in [6, 6.07) is 70.6. The van der Waals surface area contributed by atoms with Crippen LogP contribution < -0.4 is 0 Å². The van der Waals surface area contributed by atoms with E-state index in [0.717, 1.165) is 39.0 Å². The number of nitrogens with zero attached hydrogens (tertiary/aromatic N) is 2. The summed E-state index contributed by atoms with van der Waals surface area (Å²) in [7, 11) is 0. The molecule has 1 aliphatic rings. The summed E-state index contributed by atoms with van der Waals surface area (Å²) in [6.07, 6.45) is 0. The van der Waals surface area contributed by atoms with Crippen molar-refractivity contribution in [2.75, 3.05) is 0 Å². The highest BCUT2D eigenvalue weighted by atomic mass is 32.1. The van der Waals surface area contributed by atoms with E-state index < -0.39 is 0 Å². The smallest absolute Gasteiger partial charge is 0.160 e. The Hall–Kier alpha value is -7.20. The number of rotatable bonds is 5. The second-order valence-corrected chi connectivity index (χ2v) is 17.5. The normalized spacial score (nSPS) is 13.0. The first-order chi connectivity index (χ1) is 29.5. The van der Waals surface area contributed by atoms with E-state index in [4.69, 9.17) is 9.97 Å². The fourth-order valence-corrected chi connectivity index (χ4v) is 11.0. The molecule has 0 radical (unpaired) electrons. The van der Waals surface area contributed by atoms with Gasteiger partial charge in [0.1, 0.15) is 0 Å². The van der Waals surface area contributed by atoms with Crippen LogP contribution in [0.1, 0.15) is 25.0 Å². The lowest BCUT2D eigenvalue weighted by Crippen LogP contribution is -2.14. The Kier molecular flexibility index (Phi) is 7.79. The minimum absolute atomic E-state index is 0.121. The average molecular weight is 783 g/mol. The zero-order valence-corrected chi connectivity index (χ0v) is 34.1. The third-order valence-corrected chi connectivity index (χ3v) is 13.8. The number of thiophene rings is 1. The first-order valence-electron chi connectivity index (χ1n) is 20.7. The minimum atomic E-state index is -0.121. The van der Waals surface area contributed by atoms with Gasteiger partial charge in [-0.05, 0) is 96.4 Å². The Labute approximate surface area is 353 Å². The predicted molar refractivity (Wildman–Crippen MR) is 255 cm³/mol. The van der Waals surface area contributed by atoms with E-state index in [9.17, 15) is 0 Å². The number of hydrogen-bond acceptors (Lipinski definition) is 3. The van der Waals surface area contributed by atoms with Crippen molar-refractivity contribution in [2.45, 2.75) is 19.3 Å². The van der Waals surface area contributed by atoms with Crippen molar-refractivity contribution in [3.05, 3.63) is 205 Å². The van der Waals surface area contributed by atoms with Gasteiger partial charge >= 0.3 is 0 Å². The molecule has 0 saturated heterocycles. The Bertz CT molecular complexity index is 3520. The van der Waals surface area contributed by atoms with E-state index in [-0.39, 0.29) is 5.41 Å². The van der Waals surface area contributed by atoms with Gasteiger partial charge in [-0.15, -0.1) is 11.3 Å². The molecule has 2 nitrogen and oxygen atoms in total. The summed E-state index contributed by atoms with van der Waals surface area (Å²) in [5.41, 5.74) is 15.1. The minimum Gasteiger partial charge on any atom is -0.228 e. The standard InChI is InChI=1S/C57H38N2S/c1-57(2)48-27-14-25-44(54(48)47-32-36-18-6-7-19-37(36)33-49(47)57)41-30-31-43(39-21-9-8-20-38(39)41)51-34-50(58-56(59-51)35-16-4-3-5-17-35)42-23-11-10-22-40(42)45-26-15-29-53-55(45)46-24-12-13-28-52(46)60-53/h3-34H,1-2H3. The molecule has 9 aromatic carbocycles. The zero-order valence-electron chi connectivity index (χ0n) is 33.3. The largest absolute Gasteiger partial charge is 0.228 e. The van der Waals surface area contributed by atoms with Crippen LogP contribution in [0.4, 0.5) is 0 Å². The third-order valence-electron chi connectivity index (χ3n) is 12.7. The summed E-state index contributed by atoms with van der Waals surface area (Å²) in [5, 5.41) is 7.49. The topological polar surface area (TPSA) is 25.8 Å². The lowest BCUT2D eigenvalue weighted by Gasteiger charge is -2.22. The summed E-state index contributed by atoms with van der Waals surface area (Å²) >= 11 is 1.85. The highest BCUT2D eigenvalue weighted by molar-refractivity contribution is 7.25. The highest BCUT2D eigenvalue weighted by Crippen LogP contribution is 2.54. The van der Waals surface area contributed by atoms with Gasteiger partial charge in [-0.25, -0.2) is 9.97 Å². The lowest BCUT2D eigenvalue weighted by atomic mass is 9.81. The van der Waals surface area contributed by atoms with Gasteiger partial charge in [-0.2, -0.15) is 0 Å². The van der Waals surface area contributed by atoms with Gasteiger partial charge < -0.3 is 0 Å². The van der Waals surface area contributed by atoms with E-state index in [1.165, 1.54) is 75.3 Å². The van der Waals surface area contributed by atoms with Crippen LogP contribution in [0.3, 0.4) is 0 Å². The molecule has 2 aromatic heterocycles. The van der Waals surface area contributed by atoms with Crippen LogP contribution in [-0.2, 0) is 5.41 Å². The molecule has 60 heavy (non-hydrogen) atoms. The predicted octanol–water partition coefficient (Wildman–Crippen LogP) is 15.8. The van der Waals surface area contributed by atoms with Gasteiger partial charge in [0.15, 0.2) is 5.82 Å². The van der Waals surface area contributed by atoms with Gasteiger partial charge in [0.2, 0.25) is 0 Å². The molecule has 0 N–H and O–H groups in total. The fourth-order valence-electron chi connectivity index (χ4n) is 9.83. The van der Waals surface area contributed by atoms with Gasteiger partial charge in [0.25, 0.3) is 0 Å². The molecule has 0 unspecified atom stereocenters. The monoisotopic (exact) mass is 782 g/mol. The molecular formula is C57H38N2S. The molecule has 0 amide bonds. The van der Waals surface area contributed by atoms with Gasteiger partial charge in [-0.3, -0.25) is 0 Å². The number of aromatic nitrogens is 2. The summed E-state index contributed by atoms with van der Waals surface area (Å²) in [5.74, 6) is 0.706. The van der Waals surface area contributed by atoms with Crippen molar-refractivity contribution in [1.29, 1.82) is 0 Å². The fraction of sp³-hybridized carbons (Fsp3) is 0.0526. The quantitative estimate of drug-likeness (QED) is 0.174. The van der Waals surface area contributed by atoms with Crippen molar-refractivity contribution < 1.29 is 0 Å². The third kappa shape index (κ3) is 5.33. The van der Waals surface area contributed by atoms with Crippen molar-refractivity contribution >= 4 is 53.1 Å². The van der Waals surface area contributed by atoms with E-state index in [1.807, 2.05) is 17.4 Å². The molecule has 12 rings (SSSR count). The molecule has 282 valence electrons. The Morgan fingerprint density at radius 3 is 1.78 bits per heavy atom. The highest BCUT2D eigenvalue weighted by Gasteiger charge is 2.37. The van der Waals surface area contributed by atoms with Crippen LogP contribution in [0.25, 0.3) is 109 Å². The van der Waals surface area contributed by atoms with E-state index >= 15 is 0 Å². The van der Waals surface area contributed by atoms with Crippen LogP contribution in [0.15, 0.2) is 194 Å². The summed E-state index contributed by atoms with van der Waals surface area (Å²) in [6.45, 7) is 4.74. The molecular weight excluding hydrogens is 745 g/mol. The van der Waals surface area contributed by atoms with Crippen molar-refractivity contribution in [1.82, 2.24) is 9.97 Å². The maximum Gasteiger partial charge on any atom is 0.160 e. The van der Waals surface area contributed by atoms with Crippen LogP contribution in [0.5, 0.6) is 0 Å². The summed E-state index contributed by atoms with van der Waals surface area (Å²) < 4.78 is 2.58. The van der Waals surface area contributed by atoms with Gasteiger partial charge in [-0.1, -0.05) is 178 Å². The molecule has 0 saturated carbocycles. The molecule has 0 aliphatic heterocycles. The number of benzene rings is 9. The number of hydrogen-bond donors (Lipinski definition) is 0. The number of fused-ring (bicyclic) bond motifs is 8. The summed E-state index contributed by atoms with van der Waals surface area (Å²) in [4.78, 5) is 10.7. The van der Waals surface area contributed by atoms with Gasteiger partial charge in [0, 0.05) is 42.3 Å². The molecule has 11 aromatic rings.